The summed E-state index contributed by atoms with van der Waals surface area (Å²) in [5, 5.41) is 9.56. The van der Waals surface area contributed by atoms with Gasteiger partial charge in [-0.25, -0.2) is 9.59 Å². The third kappa shape index (κ3) is 3.42. The molecular formula is C14H25NO5. The molecule has 6 heteroatoms. The summed E-state index contributed by atoms with van der Waals surface area (Å²) < 4.78 is 10.8. The summed E-state index contributed by atoms with van der Waals surface area (Å²) in [4.78, 5) is 25.3. The minimum Gasteiger partial charge on any atom is -0.479 e. The third-order valence-corrected chi connectivity index (χ3v) is 3.47. The first-order valence-corrected chi connectivity index (χ1v) is 7.02. The van der Waals surface area contributed by atoms with E-state index in [1.165, 1.54) is 4.90 Å². The predicted octanol–water partition coefficient (Wildman–Crippen LogP) is 2.27. The predicted molar refractivity (Wildman–Crippen MR) is 73.6 cm³/mol. The Morgan fingerprint density at radius 3 is 2.35 bits per heavy atom. The summed E-state index contributed by atoms with van der Waals surface area (Å²) in [7, 11) is 0. The number of amides is 1. The van der Waals surface area contributed by atoms with Crippen molar-refractivity contribution in [2.75, 3.05) is 13.2 Å². The summed E-state index contributed by atoms with van der Waals surface area (Å²) >= 11 is 0. The fourth-order valence-electron chi connectivity index (χ4n) is 2.53. The van der Waals surface area contributed by atoms with Crippen molar-refractivity contribution in [2.24, 2.45) is 0 Å². The van der Waals surface area contributed by atoms with Crippen LogP contribution in [0.4, 0.5) is 4.79 Å². The van der Waals surface area contributed by atoms with Gasteiger partial charge in [0.15, 0.2) is 0 Å². The highest BCUT2D eigenvalue weighted by Gasteiger charge is 2.53. The van der Waals surface area contributed by atoms with E-state index in [2.05, 4.69) is 0 Å². The number of carbonyl (C=O) groups excluding carboxylic acids is 1. The molecule has 1 aliphatic rings. The number of carbonyl (C=O) groups is 2. The van der Waals surface area contributed by atoms with Crippen LogP contribution in [0.2, 0.25) is 0 Å². The molecule has 1 rings (SSSR count). The summed E-state index contributed by atoms with van der Waals surface area (Å²) in [5.74, 6) is -1.01. The first-order valence-electron chi connectivity index (χ1n) is 7.02. The van der Waals surface area contributed by atoms with Crippen LogP contribution in [0, 0.1) is 0 Å². The standard InChI is InChI=1S/C14H25NO5/c1-6-14(11(16)17)8-10(19-7-2)9-15(14)12(18)20-13(3,4)5/h10H,6-9H2,1-5H3,(H,16,17)/t10-,14-/m1/s1. The van der Waals surface area contributed by atoms with Gasteiger partial charge in [0.05, 0.1) is 12.6 Å². The molecule has 1 heterocycles. The van der Waals surface area contributed by atoms with Crippen molar-refractivity contribution in [1.82, 2.24) is 4.90 Å². The summed E-state index contributed by atoms with van der Waals surface area (Å²) in [5.41, 5.74) is -1.89. The molecule has 1 N–H and O–H groups in total. The van der Waals surface area contributed by atoms with E-state index in [9.17, 15) is 14.7 Å². The number of nitrogens with zero attached hydrogens (tertiary/aromatic N) is 1. The average Bonchev–Trinajstić information content (AvgIpc) is 2.67. The van der Waals surface area contributed by atoms with Gasteiger partial charge < -0.3 is 14.6 Å². The van der Waals surface area contributed by atoms with Crippen LogP contribution in [0.1, 0.15) is 47.5 Å². The third-order valence-electron chi connectivity index (χ3n) is 3.47. The number of likely N-dealkylation sites (tertiary alicyclic amines) is 1. The van der Waals surface area contributed by atoms with Gasteiger partial charge in [0.2, 0.25) is 0 Å². The topological polar surface area (TPSA) is 76.1 Å². The van der Waals surface area contributed by atoms with Crippen molar-refractivity contribution in [3.8, 4) is 0 Å². The van der Waals surface area contributed by atoms with Gasteiger partial charge >= 0.3 is 12.1 Å². The maximum Gasteiger partial charge on any atom is 0.411 e. The smallest absolute Gasteiger partial charge is 0.411 e. The maximum atomic E-state index is 12.3. The molecule has 0 saturated carbocycles. The molecule has 0 aromatic rings. The van der Waals surface area contributed by atoms with E-state index < -0.39 is 23.2 Å². The number of carboxylic acid groups (broad SMARTS) is 1. The summed E-state index contributed by atoms with van der Waals surface area (Å²) in [6.07, 6.45) is -0.232. The van der Waals surface area contributed by atoms with Crippen molar-refractivity contribution in [3.05, 3.63) is 0 Å². The zero-order valence-electron chi connectivity index (χ0n) is 12.9. The SMILES string of the molecule is CCO[C@H]1CN(C(=O)OC(C)(C)C)[C@@](CC)(C(=O)O)C1. The fourth-order valence-corrected chi connectivity index (χ4v) is 2.53. The Hall–Kier alpha value is -1.30. The highest BCUT2D eigenvalue weighted by molar-refractivity contribution is 5.85. The number of carboxylic acids is 1. The van der Waals surface area contributed by atoms with E-state index in [1.54, 1.807) is 27.7 Å². The van der Waals surface area contributed by atoms with Gasteiger partial charge in [0.1, 0.15) is 11.1 Å². The largest absolute Gasteiger partial charge is 0.479 e. The van der Waals surface area contributed by atoms with Crippen LogP contribution in [0.3, 0.4) is 0 Å². The Labute approximate surface area is 120 Å². The molecule has 1 aliphatic heterocycles. The van der Waals surface area contributed by atoms with Gasteiger partial charge in [-0.1, -0.05) is 6.92 Å². The number of aliphatic carboxylic acids is 1. The molecule has 0 unspecified atom stereocenters. The lowest BCUT2D eigenvalue weighted by molar-refractivity contribution is -0.149. The molecule has 1 saturated heterocycles. The molecule has 0 aromatic carbocycles. The Morgan fingerprint density at radius 2 is 1.95 bits per heavy atom. The molecule has 0 aromatic heterocycles. The highest BCUT2D eigenvalue weighted by atomic mass is 16.6. The lowest BCUT2D eigenvalue weighted by Crippen LogP contribution is -2.53. The minimum atomic E-state index is -1.23. The van der Waals surface area contributed by atoms with Gasteiger partial charge in [-0.15, -0.1) is 0 Å². The molecule has 0 bridgehead atoms. The van der Waals surface area contributed by atoms with E-state index in [-0.39, 0.29) is 12.6 Å². The summed E-state index contributed by atoms with van der Waals surface area (Å²) in [6, 6.07) is 0. The molecule has 20 heavy (non-hydrogen) atoms. The van der Waals surface area contributed by atoms with E-state index in [4.69, 9.17) is 9.47 Å². The van der Waals surface area contributed by atoms with Crippen molar-refractivity contribution in [3.63, 3.8) is 0 Å². The quantitative estimate of drug-likeness (QED) is 0.858. The van der Waals surface area contributed by atoms with Gasteiger partial charge in [-0.3, -0.25) is 4.90 Å². The van der Waals surface area contributed by atoms with Crippen molar-refractivity contribution >= 4 is 12.1 Å². The van der Waals surface area contributed by atoms with Crippen molar-refractivity contribution in [2.45, 2.75) is 64.7 Å². The van der Waals surface area contributed by atoms with Crippen LogP contribution in [0.5, 0.6) is 0 Å². The molecule has 0 spiro atoms. The first kappa shape index (κ1) is 16.8. The van der Waals surface area contributed by atoms with Crippen LogP contribution < -0.4 is 0 Å². The fraction of sp³-hybridized carbons (Fsp3) is 0.857. The zero-order chi connectivity index (χ0) is 15.6. The monoisotopic (exact) mass is 287 g/mol. The molecule has 116 valence electrons. The molecule has 1 amide bonds. The lowest BCUT2D eigenvalue weighted by Gasteiger charge is -2.34. The van der Waals surface area contributed by atoms with Crippen molar-refractivity contribution < 1.29 is 24.2 Å². The second-order valence-corrected chi connectivity index (χ2v) is 6.06. The molecule has 0 radical (unpaired) electrons. The molecule has 6 nitrogen and oxygen atoms in total. The van der Waals surface area contributed by atoms with Crippen molar-refractivity contribution in [1.29, 1.82) is 0 Å². The number of hydrogen-bond acceptors (Lipinski definition) is 4. The van der Waals surface area contributed by atoms with Crippen LogP contribution in [-0.4, -0.2) is 52.5 Å². The number of hydrogen-bond donors (Lipinski definition) is 1. The van der Waals surface area contributed by atoms with Crippen LogP contribution in [-0.2, 0) is 14.3 Å². The normalized spacial score (nSPS) is 26.6. The second kappa shape index (κ2) is 5.99. The van der Waals surface area contributed by atoms with Gasteiger partial charge in [-0.2, -0.15) is 0 Å². The average molecular weight is 287 g/mol. The highest BCUT2D eigenvalue weighted by Crippen LogP contribution is 2.35. The van der Waals surface area contributed by atoms with Gasteiger partial charge in [0.25, 0.3) is 0 Å². The van der Waals surface area contributed by atoms with Crippen LogP contribution in [0.15, 0.2) is 0 Å². The number of rotatable bonds is 4. The molecule has 1 fully saturated rings. The second-order valence-electron chi connectivity index (χ2n) is 6.06. The Balaban J connectivity index is 2.99. The maximum absolute atomic E-state index is 12.3. The van der Waals surface area contributed by atoms with E-state index in [1.807, 2.05) is 6.92 Å². The van der Waals surface area contributed by atoms with Crippen LogP contribution in [0.25, 0.3) is 0 Å². The van der Waals surface area contributed by atoms with Crippen LogP contribution >= 0.6 is 0 Å². The van der Waals surface area contributed by atoms with E-state index in [0.717, 1.165) is 0 Å². The zero-order valence-corrected chi connectivity index (χ0v) is 12.9. The Bertz CT molecular complexity index is 376. The molecular weight excluding hydrogens is 262 g/mol. The van der Waals surface area contributed by atoms with Gasteiger partial charge in [-0.05, 0) is 34.1 Å². The van der Waals surface area contributed by atoms with E-state index >= 15 is 0 Å². The first-order chi connectivity index (χ1) is 9.16. The van der Waals surface area contributed by atoms with E-state index in [0.29, 0.717) is 19.4 Å². The minimum absolute atomic E-state index is 0.253. The molecule has 2 atom stereocenters. The molecule has 0 aliphatic carbocycles. The lowest BCUT2D eigenvalue weighted by atomic mass is 9.92. The summed E-state index contributed by atoms with van der Waals surface area (Å²) in [6.45, 7) is 9.64. The number of ether oxygens (including phenoxy) is 2. The Kier molecular flexibility index (Phi) is 5.02. The van der Waals surface area contributed by atoms with Gasteiger partial charge in [0, 0.05) is 13.0 Å². The Morgan fingerprint density at radius 1 is 1.35 bits per heavy atom.